The number of aryl methyl sites for hydroxylation is 1. The summed E-state index contributed by atoms with van der Waals surface area (Å²) in [5, 5.41) is 3.50. The summed E-state index contributed by atoms with van der Waals surface area (Å²) in [6.45, 7) is 8.21. The molecule has 1 aliphatic rings. The number of nitrogens with zero attached hydrogens (tertiary/aromatic N) is 2. The second-order valence-electron chi connectivity index (χ2n) is 7.26. The van der Waals surface area contributed by atoms with Crippen molar-refractivity contribution in [1.82, 2.24) is 9.55 Å². The fraction of sp³-hybridized carbons (Fsp3) is 0.409. The minimum Gasteiger partial charge on any atom is -0.494 e. The van der Waals surface area contributed by atoms with Crippen LogP contribution in [0.5, 0.6) is 5.75 Å². The summed E-state index contributed by atoms with van der Waals surface area (Å²) in [5.74, 6) is 2.05. The molecule has 2 aromatic carbocycles. The van der Waals surface area contributed by atoms with Gasteiger partial charge < -0.3 is 24.3 Å². The zero-order valence-electron chi connectivity index (χ0n) is 16.7. The maximum Gasteiger partial charge on any atom is 0.165 e. The molecule has 6 nitrogen and oxygen atoms in total. The minimum atomic E-state index is 0.691. The van der Waals surface area contributed by atoms with Crippen LogP contribution in [0.2, 0.25) is 0 Å². The van der Waals surface area contributed by atoms with Crippen LogP contribution in [0.15, 0.2) is 42.5 Å². The molecule has 1 aliphatic heterocycles. The fourth-order valence-corrected chi connectivity index (χ4v) is 3.65. The topological polar surface area (TPSA) is 52.7 Å². The van der Waals surface area contributed by atoms with E-state index >= 15 is 0 Å². The lowest BCUT2D eigenvalue weighted by Gasteiger charge is -2.23. The van der Waals surface area contributed by atoms with Crippen LogP contribution in [-0.4, -0.2) is 42.5 Å². The first-order valence-electron chi connectivity index (χ1n) is 10.0. The molecule has 0 saturated carbocycles. The summed E-state index contributed by atoms with van der Waals surface area (Å²) < 4.78 is 13.2. The molecule has 0 aliphatic carbocycles. The van der Waals surface area contributed by atoms with Crippen molar-refractivity contribution in [3.8, 4) is 5.75 Å². The highest BCUT2D eigenvalue weighted by atomic mass is 16.5. The van der Waals surface area contributed by atoms with Crippen LogP contribution in [0.4, 0.5) is 5.69 Å². The van der Waals surface area contributed by atoms with Crippen LogP contribution in [0.1, 0.15) is 18.3 Å². The summed E-state index contributed by atoms with van der Waals surface area (Å²) in [6.07, 6.45) is 0. The Bertz CT molecular complexity index is 914. The Hall–Kier alpha value is -2.57. The van der Waals surface area contributed by atoms with E-state index in [1.807, 2.05) is 19.1 Å². The Morgan fingerprint density at radius 3 is 2.68 bits per heavy atom. The van der Waals surface area contributed by atoms with Crippen molar-refractivity contribution >= 4 is 16.7 Å². The van der Waals surface area contributed by atoms with Crippen LogP contribution in [-0.2, 0) is 24.9 Å². The Morgan fingerprint density at radius 1 is 1.14 bits per heavy atom. The SMILES string of the molecule is CCOc1ccc(CNc2ccc3c(c2)nc(C[NH+]2CCOCC2)n3C)cc1. The van der Waals surface area contributed by atoms with Gasteiger partial charge in [-0.15, -0.1) is 0 Å². The molecule has 0 radical (unpaired) electrons. The second-order valence-corrected chi connectivity index (χ2v) is 7.26. The zero-order valence-corrected chi connectivity index (χ0v) is 16.7. The Balaban J connectivity index is 1.43. The first kappa shape index (κ1) is 18.8. The van der Waals surface area contributed by atoms with E-state index in [-0.39, 0.29) is 0 Å². The zero-order chi connectivity index (χ0) is 19.3. The van der Waals surface area contributed by atoms with E-state index in [1.165, 1.54) is 11.1 Å². The molecule has 3 aromatic rings. The predicted molar refractivity (Wildman–Crippen MR) is 111 cm³/mol. The van der Waals surface area contributed by atoms with Gasteiger partial charge in [-0.05, 0) is 42.8 Å². The van der Waals surface area contributed by atoms with E-state index in [0.29, 0.717) is 6.61 Å². The maximum atomic E-state index is 5.50. The Morgan fingerprint density at radius 2 is 1.93 bits per heavy atom. The van der Waals surface area contributed by atoms with Crippen molar-refractivity contribution in [3.05, 3.63) is 53.9 Å². The maximum absolute atomic E-state index is 5.50. The summed E-state index contributed by atoms with van der Waals surface area (Å²) >= 11 is 0. The number of ether oxygens (including phenoxy) is 2. The summed E-state index contributed by atoms with van der Waals surface area (Å²) in [6, 6.07) is 14.7. The molecule has 0 spiro atoms. The van der Waals surface area contributed by atoms with Gasteiger partial charge in [0.1, 0.15) is 25.4 Å². The third kappa shape index (κ3) is 4.29. The van der Waals surface area contributed by atoms with Gasteiger partial charge in [-0.1, -0.05) is 12.1 Å². The number of fused-ring (bicyclic) bond motifs is 1. The first-order chi connectivity index (χ1) is 13.7. The molecule has 1 fully saturated rings. The van der Waals surface area contributed by atoms with Gasteiger partial charge in [-0.25, -0.2) is 4.98 Å². The summed E-state index contributed by atoms with van der Waals surface area (Å²) in [5.41, 5.74) is 4.53. The number of imidazole rings is 1. The van der Waals surface area contributed by atoms with Crippen molar-refractivity contribution in [1.29, 1.82) is 0 Å². The van der Waals surface area contributed by atoms with Gasteiger partial charge in [-0.2, -0.15) is 0 Å². The van der Waals surface area contributed by atoms with Crippen LogP contribution in [0, 0.1) is 0 Å². The number of aromatic nitrogens is 2. The molecule has 0 bridgehead atoms. The smallest absolute Gasteiger partial charge is 0.165 e. The number of hydrogen-bond acceptors (Lipinski definition) is 4. The third-order valence-corrected chi connectivity index (χ3v) is 5.31. The Labute approximate surface area is 166 Å². The van der Waals surface area contributed by atoms with Gasteiger partial charge in [0.05, 0.1) is 30.9 Å². The van der Waals surface area contributed by atoms with E-state index in [1.54, 1.807) is 4.90 Å². The second kappa shape index (κ2) is 8.63. The minimum absolute atomic E-state index is 0.691. The van der Waals surface area contributed by atoms with Crippen molar-refractivity contribution in [2.45, 2.75) is 20.0 Å². The molecule has 1 aromatic heterocycles. The van der Waals surface area contributed by atoms with E-state index in [2.05, 4.69) is 47.3 Å². The van der Waals surface area contributed by atoms with E-state index in [0.717, 1.165) is 62.2 Å². The van der Waals surface area contributed by atoms with Crippen LogP contribution >= 0.6 is 0 Å². The molecule has 4 rings (SSSR count). The largest absolute Gasteiger partial charge is 0.494 e. The molecule has 6 heteroatoms. The Kier molecular flexibility index (Phi) is 5.78. The molecule has 148 valence electrons. The predicted octanol–water partition coefficient (Wildman–Crippen LogP) is 2.00. The number of rotatable bonds is 7. The third-order valence-electron chi connectivity index (χ3n) is 5.31. The highest BCUT2D eigenvalue weighted by molar-refractivity contribution is 5.80. The van der Waals surface area contributed by atoms with Crippen LogP contribution in [0.3, 0.4) is 0 Å². The van der Waals surface area contributed by atoms with Gasteiger partial charge in [0.15, 0.2) is 5.82 Å². The lowest BCUT2D eigenvalue weighted by molar-refractivity contribution is -0.922. The quantitative estimate of drug-likeness (QED) is 0.657. The van der Waals surface area contributed by atoms with E-state index < -0.39 is 0 Å². The molecular formula is C22H29N4O2+. The first-order valence-corrected chi connectivity index (χ1v) is 10.0. The molecular weight excluding hydrogens is 352 g/mol. The number of quaternary nitrogens is 1. The average Bonchev–Trinajstić information content (AvgIpc) is 3.03. The molecule has 2 N–H and O–H groups in total. The van der Waals surface area contributed by atoms with Crippen molar-refractivity contribution < 1.29 is 14.4 Å². The van der Waals surface area contributed by atoms with Crippen molar-refractivity contribution in [2.24, 2.45) is 7.05 Å². The van der Waals surface area contributed by atoms with Crippen LogP contribution in [0.25, 0.3) is 11.0 Å². The number of morpholine rings is 1. The number of nitrogens with one attached hydrogen (secondary N) is 2. The summed E-state index contributed by atoms with van der Waals surface area (Å²) in [4.78, 5) is 6.44. The van der Waals surface area contributed by atoms with E-state index in [9.17, 15) is 0 Å². The standard InChI is InChI=1S/C22H28N4O2/c1-3-28-19-7-4-17(5-8-19)15-23-18-6-9-21-20(14-18)24-22(25(21)2)16-26-10-12-27-13-11-26/h4-9,14,23H,3,10-13,15-16H2,1-2H3/p+1. The average molecular weight is 382 g/mol. The molecule has 0 amide bonds. The molecule has 1 saturated heterocycles. The van der Waals surface area contributed by atoms with Crippen LogP contribution < -0.4 is 15.0 Å². The summed E-state index contributed by atoms with van der Waals surface area (Å²) in [7, 11) is 2.11. The molecule has 28 heavy (non-hydrogen) atoms. The van der Waals surface area contributed by atoms with E-state index in [4.69, 9.17) is 14.5 Å². The number of benzene rings is 2. The van der Waals surface area contributed by atoms with Crippen molar-refractivity contribution in [2.75, 3.05) is 38.2 Å². The van der Waals surface area contributed by atoms with Gasteiger partial charge >= 0.3 is 0 Å². The lowest BCUT2D eigenvalue weighted by Crippen LogP contribution is -3.12. The number of hydrogen-bond donors (Lipinski definition) is 2. The lowest BCUT2D eigenvalue weighted by atomic mass is 10.2. The van der Waals surface area contributed by atoms with Crippen molar-refractivity contribution in [3.63, 3.8) is 0 Å². The highest BCUT2D eigenvalue weighted by Gasteiger charge is 2.18. The van der Waals surface area contributed by atoms with Gasteiger partial charge in [0, 0.05) is 19.3 Å². The van der Waals surface area contributed by atoms with Gasteiger partial charge in [-0.3, -0.25) is 0 Å². The van der Waals surface area contributed by atoms with Gasteiger partial charge in [0.2, 0.25) is 0 Å². The normalized spacial score (nSPS) is 15.1. The number of anilines is 1. The van der Waals surface area contributed by atoms with Gasteiger partial charge in [0.25, 0.3) is 0 Å². The fourth-order valence-electron chi connectivity index (χ4n) is 3.65. The monoisotopic (exact) mass is 381 g/mol. The molecule has 0 atom stereocenters. The molecule has 2 heterocycles. The highest BCUT2D eigenvalue weighted by Crippen LogP contribution is 2.20. The molecule has 0 unspecified atom stereocenters.